The summed E-state index contributed by atoms with van der Waals surface area (Å²) in [6, 6.07) is 15.5. The Morgan fingerprint density at radius 3 is 2.65 bits per heavy atom. The Balaban J connectivity index is 1.51. The molecule has 174 valence electrons. The number of hydrogen-bond acceptors (Lipinski definition) is 4. The summed E-state index contributed by atoms with van der Waals surface area (Å²) < 4.78 is 35.3. The van der Waals surface area contributed by atoms with Crippen molar-refractivity contribution in [1.29, 1.82) is 0 Å². The molecule has 3 heterocycles. The molecule has 1 unspecified atom stereocenters. The molecule has 0 N–H and O–H groups in total. The van der Waals surface area contributed by atoms with E-state index in [0.717, 1.165) is 59.9 Å². The first-order valence-corrected chi connectivity index (χ1v) is 11.5. The summed E-state index contributed by atoms with van der Waals surface area (Å²) in [4.78, 5) is 6.33. The van der Waals surface area contributed by atoms with Gasteiger partial charge in [0.25, 0.3) is 0 Å². The first kappa shape index (κ1) is 22.2. The van der Waals surface area contributed by atoms with Gasteiger partial charge >= 0.3 is 0 Å². The quantitative estimate of drug-likeness (QED) is 0.343. The fraction of sp³-hybridized carbons (Fsp3) is 0.259. The normalized spacial score (nSPS) is 16.4. The minimum atomic E-state index is -0.574. The molecular formula is C27H26F2N4O. The second-order valence-electron chi connectivity index (χ2n) is 8.57. The molecule has 0 aliphatic carbocycles. The molecule has 2 aromatic heterocycles. The topological polar surface area (TPSA) is 43.2 Å². The van der Waals surface area contributed by atoms with E-state index in [0.29, 0.717) is 12.1 Å². The molecule has 1 saturated heterocycles. The van der Waals surface area contributed by atoms with Crippen LogP contribution >= 0.6 is 0 Å². The van der Waals surface area contributed by atoms with Gasteiger partial charge in [0.1, 0.15) is 11.6 Å². The van der Waals surface area contributed by atoms with E-state index in [1.165, 1.54) is 12.1 Å². The lowest BCUT2D eigenvalue weighted by atomic mass is 10.1. The van der Waals surface area contributed by atoms with Gasteiger partial charge < -0.3 is 9.64 Å². The fourth-order valence-corrected chi connectivity index (χ4v) is 4.36. The van der Waals surface area contributed by atoms with Crippen LogP contribution < -0.4 is 4.90 Å². The fourth-order valence-electron chi connectivity index (χ4n) is 4.36. The van der Waals surface area contributed by atoms with Gasteiger partial charge in [-0.15, -0.1) is 0 Å². The van der Waals surface area contributed by atoms with Crippen molar-refractivity contribution in [2.24, 2.45) is 0 Å². The van der Waals surface area contributed by atoms with Crippen LogP contribution in [0.2, 0.25) is 0 Å². The Morgan fingerprint density at radius 1 is 1.06 bits per heavy atom. The lowest BCUT2D eigenvalue weighted by Crippen LogP contribution is -2.19. The predicted octanol–water partition coefficient (Wildman–Crippen LogP) is 6.22. The molecule has 1 atom stereocenters. The maximum absolute atomic E-state index is 13.7. The molecule has 7 heteroatoms. The van der Waals surface area contributed by atoms with E-state index in [9.17, 15) is 8.78 Å². The van der Waals surface area contributed by atoms with Crippen molar-refractivity contribution in [2.45, 2.75) is 32.0 Å². The van der Waals surface area contributed by atoms with E-state index >= 15 is 0 Å². The van der Waals surface area contributed by atoms with Crippen LogP contribution in [0.15, 0.2) is 60.8 Å². The summed E-state index contributed by atoms with van der Waals surface area (Å²) in [5.74, 6) is -1.15. The molecule has 0 saturated carbocycles. The van der Waals surface area contributed by atoms with Crippen molar-refractivity contribution in [2.75, 3.05) is 18.6 Å². The number of benzene rings is 2. The Hall–Kier alpha value is -3.58. The standard InChI is InChI=1S/C27H26F2N4O/c1-32(18-19-14-20(28)16-21(29)15-19)23-9-11-26-24(17-23)25(10-8-22-6-2-4-12-30-22)31-33(26)27-7-3-5-13-34-27/h2,4,6,8-12,14-17,27H,3,5,7,13,18H2,1H3/b10-8+. The molecule has 2 aromatic carbocycles. The zero-order valence-electron chi connectivity index (χ0n) is 19.0. The van der Waals surface area contributed by atoms with E-state index in [2.05, 4.69) is 11.1 Å². The Labute approximate surface area is 197 Å². The van der Waals surface area contributed by atoms with Crippen molar-refractivity contribution in [1.82, 2.24) is 14.8 Å². The highest BCUT2D eigenvalue weighted by molar-refractivity contribution is 5.92. The lowest BCUT2D eigenvalue weighted by Gasteiger charge is -2.24. The molecule has 0 bridgehead atoms. The minimum Gasteiger partial charge on any atom is -0.370 e. The smallest absolute Gasteiger partial charge is 0.150 e. The zero-order chi connectivity index (χ0) is 23.5. The molecule has 4 aromatic rings. The third-order valence-electron chi connectivity index (χ3n) is 6.03. The molecule has 34 heavy (non-hydrogen) atoms. The number of halogens is 2. The van der Waals surface area contributed by atoms with Gasteiger partial charge in [0.05, 0.1) is 16.9 Å². The minimum absolute atomic E-state index is 0.0906. The van der Waals surface area contributed by atoms with Crippen LogP contribution in [0, 0.1) is 11.6 Å². The largest absolute Gasteiger partial charge is 0.370 e. The van der Waals surface area contributed by atoms with E-state index in [1.54, 1.807) is 6.20 Å². The van der Waals surface area contributed by atoms with Gasteiger partial charge in [-0.25, -0.2) is 13.5 Å². The van der Waals surface area contributed by atoms with Gasteiger partial charge in [0.2, 0.25) is 0 Å². The maximum atomic E-state index is 13.7. The number of pyridine rings is 1. The number of nitrogens with zero attached hydrogens (tertiary/aromatic N) is 4. The van der Waals surface area contributed by atoms with Crippen molar-refractivity contribution < 1.29 is 13.5 Å². The summed E-state index contributed by atoms with van der Waals surface area (Å²) >= 11 is 0. The number of fused-ring (bicyclic) bond motifs is 1. The molecule has 0 radical (unpaired) electrons. The van der Waals surface area contributed by atoms with Crippen LogP contribution in [0.25, 0.3) is 23.1 Å². The number of rotatable bonds is 6. The van der Waals surface area contributed by atoms with Crippen molar-refractivity contribution in [3.63, 3.8) is 0 Å². The van der Waals surface area contributed by atoms with E-state index in [4.69, 9.17) is 9.84 Å². The number of ether oxygens (including phenoxy) is 1. The van der Waals surface area contributed by atoms with E-state index in [-0.39, 0.29) is 6.23 Å². The van der Waals surface area contributed by atoms with Gasteiger partial charge in [-0.3, -0.25) is 4.98 Å². The summed E-state index contributed by atoms with van der Waals surface area (Å²) in [7, 11) is 1.90. The molecule has 1 aliphatic heterocycles. The van der Waals surface area contributed by atoms with Gasteiger partial charge in [0.15, 0.2) is 6.23 Å². The first-order chi connectivity index (χ1) is 16.6. The third-order valence-corrected chi connectivity index (χ3v) is 6.03. The average molecular weight is 461 g/mol. The molecule has 5 nitrogen and oxygen atoms in total. The zero-order valence-corrected chi connectivity index (χ0v) is 19.0. The van der Waals surface area contributed by atoms with Gasteiger partial charge in [-0.1, -0.05) is 6.07 Å². The highest BCUT2D eigenvalue weighted by atomic mass is 19.1. The summed E-state index contributed by atoms with van der Waals surface area (Å²) in [6.45, 7) is 1.11. The van der Waals surface area contributed by atoms with Crippen LogP contribution in [0.3, 0.4) is 0 Å². The van der Waals surface area contributed by atoms with Crippen LogP contribution in [0.5, 0.6) is 0 Å². The predicted molar refractivity (Wildman–Crippen MR) is 130 cm³/mol. The summed E-state index contributed by atoms with van der Waals surface area (Å²) in [5, 5.41) is 5.88. The lowest BCUT2D eigenvalue weighted by molar-refractivity contribution is -0.0367. The molecular weight excluding hydrogens is 434 g/mol. The molecule has 0 amide bonds. The van der Waals surface area contributed by atoms with Gasteiger partial charge in [0, 0.05) is 43.5 Å². The van der Waals surface area contributed by atoms with Crippen LogP contribution in [-0.4, -0.2) is 28.4 Å². The Kier molecular flexibility index (Phi) is 6.36. The second kappa shape index (κ2) is 9.73. The first-order valence-electron chi connectivity index (χ1n) is 11.5. The van der Waals surface area contributed by atoms with Crippen molar-refractivity contribution in [3.8, 4) is 0 Å². The summed E-state index contributed by atoms with van der Waals surface area (Å²) in [6.07, 6.45) is 8.68. The Bertz CT molecular complexity index is 1290. The third kappa shape index (κ3) is 4.84. The molecule has 1 aliphatic rings. The monoisotopic (exact) mass is 460 g/mol. The highest BCUT2D eigenvalue weighted by Gasteiger charge is 2.21. The number of hydrogen-bond donors (Lipinski definition) is 0. The molecule has 1 fully saturated rings. The number of aromatic nitrogens is 3. The highest BCUT2D eigenvalue weighted by Crippen LogP contribution is 2.31. The van der Waals surface area contributed by atoms with Gasteiger partial charge in [-0.05, 0) is 79.4 Å². The van der Waals surface area contributed by atoms with Gasteiger partial charge in [-0.2, -0.15) is 5.10 Å². The Morgan fingerprint density at radius 2 is 1.91 bits per heavy atom. The maximum Gasteiger partial charge on any atom is 0.150 e. The molecule has 0 spiro atoms. The van der Waals surface area contributed by atoms with Crippen molar-refractivity contribution in [3.05, 3.63) is 89.4 Å². The number of anilines is 1. The van der Waals surface area contributed by atoms with E-state index in [1.807, 2.05) is 59.1 Å². The van der Waals surface area contributed by atoms with Crippen molar-refractivity contribution >= 4 is 28.7 Å². The summed E-state index contributed by atoms with van der Waals surface area (Å²) in [5.41, 5.74) is 4.15. The SMILES string of the molecule is CN(Cc1cc(F)cc(F)c1)c1ccc2c(c1)c(/C=C/c1ccccn1)nn2C1CCCCO1. The average Bonchev–Trinajstić information content (AvgIpc) is 3.21. The van der Waals surface area contributed by atoms with Crippen LogP contribution in [0.4, 0.5) is 14.5 Å². The van der Waals surface area contributed by atoms with Crippen LogP contribution in [0.1, 0.15) is 42.4 Å². The second-order valence-corrected chi connectivity index (χ2v) is 8.57. The molecule has 5 rings (SSSR count). The van der Waals surface area contributed by atoms with Crippen LogP contribution in [-0.2, 0) is 11.3 Å². The van der Waals surface area contributed by atoms with E-state index < -0.39 is 11.6 Å².